The average Bonchev–Trinajstić information content (AvgIpc) is 2.16. The molecule has 3 N–H and O–H groups in total. The Balaban J connectivity index is 2.61. The summed E-state index contributed by atoms with van der Waals surface area (Å²) in [7, 11) is 0. The lowest BCUT2D eigenvalue weighted by molar-refractivity contribution is 0.355. The van der Waals surface area contributed by atoms with E-state index in [4.69, 9.17) is 5.73 Å². The number of anilines is 2. The van der Waals surface area contributed by atoms with Crippen LogP contribution in [0.15, 0.2) is 18.2 Å². The van der Waals surface area contributed by atoms with Crippen LogP contribution >= 0.6 is 0 Å². The summed E-state index contributed by atoms with van der Waals surface area (Å²) >= 11 is 0. The third-order valence-corrected chi connectivity index (χ3v) is 2.89. The number of aryl methyl sites for hydroxylation is 1. The van der Waals surface area contributed by atoms with Crippen LogP contribution in [0.5, 0.6) is 0 Å². The molecule has 1 rings (SSSR count). The maximum atomic E-state index is 5.96. The Morgan fingerprint density at radius 1 is 1.31 bits per heavy atom. The molecule has 0 bridgehead atoms. The van der Waals surface area contributed by atoms with Gasteiger partial charge in [-0.15, -0.1) is 0 Å². The number of hydrogen-bond acceptors (Lipinski definition) is 2. The average molecular weight is 220 g/mol. The predicted octanol–water partition coefficient (Wildman–Crippen LogP) is 3.82. The van der Waals surface area contributed by atoms with Gasteiger partial charge in [0, 0.05) is 6.54 Å². The van der Waals surface area contributed by atoms with E-state index < -0.39 is 0 Å². The van der Waals surface area contributed by atoms with E-state index in [1.807, 2.05) is 6.07 Å². The molecule has 0 aromatic heterocycles. The van der Waals surface area contributed by atoms with Crippen molar-refractivity contribution in [3.8, 4) is 0 Å². The molecule has 0 aliphatic carbocycles. The topological polar surface area (TPSA) is 38.0 Å². The lowest BCUT2D eigenvalue weighted by atomic mass is 9.88. The van der Waals surface area contributed by atoms with Crippen LogP contribution in [0.2, 0.25) is 0 Å². The molecule has 16 heavy (non-hydrogen) atoms. The fraction of sp³-hybridized carbons (Fsp3) is 0.571. The maximum absolute atomic E-state index is 5.96. The van der Waals surface area contributed by atoms with Gasteiger partial charge in [0.2, 0.25) is 0 Å². The highest BCUT2D eigenvalue weighted by Crippen LogP contribution is 2.25. The molecule has 1 aromatic carbocycles. The fourth-order valence-electron chi connectivity index (χ4n) is 1.94. The first-order valence-corrected chi connectivity index (χ1v) is 6.04. The second-order valence-corrected chi connectivity index (χ2v) is 5.36. The molecule has 0 unspecified atom stereocenters. The van der Waals surface area contributed by atoms with Crippen molar-refractivity contribution in [3.63, 3.8) is 0 Å². The van der Waals surface area contributed by atoms with Crippen LogP contribution in [-0.4, -0.2) is 6.54 Å². The Morgan fingerprint density at radius 3 is 2.56 bits per heavy atom. The highest BCUT2D eigenvalue weighted by Gasteiger charge is 2.16. The molecule has 2 nitrogen and oxygen atoms in total. The molecule has 0 atom stereocenters. The van der Waals surface area contributed by atoms with Gasteiger partial charge in [0.15, 0.2) is 0 Å². The van der Waals surface area contributed by atoms with Crippen LogP contribution < -0.4 is 11.1 Å². The Kier molecular flexibility index (Phi) is 4.22. The molecule has 0 saturated carbocycles. The van der Waals surface area contributed by atoms with Gasteiger partial charge in [0.25, 0.3) is 0 Å². The smallest absolute Gasteiger partial charge is 0.0574 e. The van der Waals surface area contributed by atoms with E-state index in [-0.39, 0.29) is 0 Å². The van der Waals surface area contributed by atoms with Crippen LogP contribution in [0.25, 0.3) is 0 Å². The molecule has 1 aromatic rings. The van der Waals surface area contributed by atoms with Crippen LogP contribution in [0.4, 0.5) is 11.4 Å². The van der Waals surface area contributed by atoms with Crippen LogP contribution in [0.3, 0.4) is 0 Å². The van der Waals surface area contributed by atoms with E-state index in [9.17, 15) is 0 Å². The monoisotopic (exact) mass is 220 g/mol. The fourth-order valence-corrected chi connectivity index (χ4v) is 1.94. The lowest BCUT2D eigenvalue weighted by Gasteiger charge is -2.25. The first-order valence-electron chi connectivity index (χ1n) is 6.04. The van der Waals surface area contributed by atoms with Crippen molar-refractivity contribution >= 4 is 11.4 Å². The number of benzene rings is 1. The number of nitrogen functional groups attached to an aromatic ring is 1. The van der Waals surface area contributed by atoms with Gasteiger partial charge in [-0.25, -0.2) is 0 Å². The molecule has 0 saturated heterocycles. The lowest BCUT2D eigenvalue weighted by Crippen LogP contribution is -2.23. The molecular formula is C14H24N2. The first-order chi connectivity index (χ1) is 7.44. The third kappa shape index (κ3) is 3.76. The van der Waals surface area contributed by atoms with Crippen molar-refractivity contribution in [1.29, 1.82) is 0 Å². The third-order valence-electron chi connectivity index (χ3n) is 2.89. The Hall–Kier alpha value is -1.18. The normalized spacial score (nSPS) is 11.5. The summed E-state index contributed by atoms with van der Waals surface area (Å²) in [6.45, 7) is 9.82. The largest absolute Gasteiger partial charge is 0.397 e. The van der Waals surface area contributed by atoms with E-state index in [0.29, 0.717) is 5.41 Å². The minimum atomic E-state index is 0.325. The van der Waals surface area contributed by atoms with Crippen molar-refractivity contribution in [1.82, 2.24) is 0 Å². The predicted molar refractivity (Wildman–Crippen MR) is 72.8 cm³/mol. The Labute approximate surface area is 99.2 Å². The summed E-state index contributed by atoms with van der Waals surface area (Å²) in [6, 6.07) is 6.16. The van der Waals surface area contributed by atoms with Gasteiger partial charge in [-0.1, -0.05) is 33.3 Å². The molecule has 0 heterocycles. The SMILES string of the molecule is CCCC(C)(C)CNc1ccc(C)cc1N. The van der Waals surface area contributed by atoms with Gasteiger partial charge >= 0.3 is 0 Å². The summed E-state index contributed by atoms with van der Waals surface area (Å²) in [4.78, 5) is 0. The van der Waals surface area contributed by atoms with E-state index in [2.05, 4.69) is 45.1 Å². The quantitative estimate of drug-likeness (QED) is 0.740. The van der Waals surface area contributed by atoms with Gasteiger partial charge in [0.1, 0.15) is 0 Å². The molecule has 0 amide bonds. The van der Waals surface area contributed by atoms with Crippen LogP contribution in [-0.2, 0) is 0 Å². The van der Waals surface area contributed by atoms with E-state index in [0.717, 1.165) is 17.9 Å². The van der Waals surface area contributed by atoms with Crippen molar-refractivity contribution < 1.29 is 0 Å². The van der Waals surface area contributed by atoms with Crippen LogP contribution in [0.1, 0.15) is 39.2 Å². The standard InChI is InChI=1S/C14H24N2/c1-5-8-14(3,4)10-16-13-7-6-11(2)9-12(13)15/h6-7,9,16H,5,8,10,15H2,1-4H3. The first kappa shape index (κ1) is 12.9. The number of nitrogens with two attached hydrogens (primary N) is 1. The number of hydrogen-bond donors (Lipinski definition) is 2. The van der Waals surface area contributed by atoms with Crippen molar-refractivity contribution in [2.24, 2.45) is 5.41 Å². The summed E-state index contributed by atoms with van der Waals surface area (Å²) in [5.74, 6) is 0. The second-order valence-electron chi connectivity index (χ2n) is 5.36. The number of nitrogens with one attached hydrogen (secondary N) is 1. The van der Waals surface area contributed by atoms with Gasteiger partial charge in [-0.2, -0.15) is 0 Å². The Morgan fingerprint density at radius 2 is 2.00 bits per heavy atom. The van der Waals surface area contributed by atoms with Gasteiger partial charge in [0.05, 0.1) is 11.4 Å². The van der Waals surface area contributed by atoms with Crippen molar-refractivity contribution in [3.05, 3.63) is 23.8 Å². The molecule has 0 aliphatic rings. The number of rotatable bonds is 5. The zero-order valence-corrected chi connectivity index (χ0v) is 10.9. The molecule has 0 radical (unpaired) electrons. The second kappa shape index (κ2) is 5.24. The van der Waals surface area contributed by atoms with Crippen molar-refractivity contribution in [2.45, 2.75) is 40.5 Å². The van der Waals surface area contributed by atoms with E-state index in [1.165, 1.54) is 18.4 Å². The summed E-state index contributed by atoms with van der Waals surface area (Å²) in [6.07, 6.45) is 2.45. The summed E-state index contributed by atoms with van der Waals surface area (Å²) in [5.41, 5.74) is 9.38. The minimum absolute atomic E-state index is 0.325. The molecular weight excluding hydrogens is 196 g/mol. The maximum Gasteiger partial charge on any atom is 0.0574 e. The Bertz CT molecular complexity index is 343. The highest BCUT2D eigenvalue weighted by atomic mass is 14.9. The molecule has 2 heteroatoms. The van der Waals surface area contributed by atoms with Crippen molar-refractivity contribution in [2.75, 3.05) is 17.6 Å². The molecule has 90 valence electrons. The summed E-state index contributed by atoms with van der Waals surface area (Å²) < 4.78 is 0. The van der Waals surface area contributed by atoms with E-state index in [1.54, 1.807) is 0 Å². The minimum Gasteiger partial charge on any atom is -0.397 e. The molecule has 0 spiro atoms. The van der Waals surface area contributed by atoms with E-state index >= 15 is 0 Å². The van der Waals surface area contributed by atoms with Gasteiger partial charge in [-0.05, 0) is 36.5 Å². The molecule has 0 aliphatic heterocycles. The zero-order valence-electron chi connectivity index (χ0n) is 10.9. The highest BCUT2D eigenvalue weighted by molar-refractivity contribution is 5.66. The van der Waals surface area contributed by atoms with Gasteiger partial charge < -0.3 is 11.1 Å². The van der Waals surface area contributed by atoms with Crippen LogP contribution in [0, 0.1) is 12.3 Å². The van der Waals surface area contributed by atoms with Gasteiger partial charge in [-0.3, -0.25) is 0 Å². The molecule has 0 fully saturated rings. The summed E-state index contributed by atoms with van der Waals surface area (Å²) in [5, 5.41) is 3.44. The zero-order chi connectivity index (χ0) is 12.2.